The molecule has 2 aromatic rings. The Morgan fingerprint density at radius 3 is 2.43 bits per heavy atom. The van der Waals surface area contributed by atoms with Crippen molar-refractivity contribution in [1.29, 1.82) is 5.26 Å². The maximum Gasteiger partial charge on any atom is 0.291 e. The molecule has 0 radical (unpaired) electrons. The molecule has 1 amide bonds. The summed E-state index contributed by atoms with van der Waals surface area (Å²) in [4.78, 5) is 25.3. The number of nitriles is 1. The van der Waals surface area contributed by atoms with E-state index in [0.29, 0.717) is 0 Å². The zero-order valence-corrected chi connectivity index (χ0v) is 27.8. The number of hydrogen-bond donors (Lipinski definition) is 3. The number of piperidine rings is 1. The molecule has 3 N–H and O–H groups in total. The van der Waals surface area contributed by atoms with E-state index >= 15 is 0 Å². The first-order chi connectivity index (χ1) is 20.7. The molecule has 0 saturated carbocycles. The molecule has 1 aromatic carbocycles. The number of anilines is 1. The van der Waals surface area contributed by atoms with Crippen molar-refractivity contribution in [2.24, 2.45) is 5.41 Å². The van der Waals surface area contributed by atoms with Gasteiger partial charge < -0.3 is 20.4 Å². The van der Waals surface area contributed by atoms with E-state index in [1.807, 2.05) is 6.07 Å². The number of imidazole rings is 1. The first-order valence-corrected chi connectivity index (χ1v) is 16.1. The molecule has 2 aliphatic heterocycles. The van der Waals surface area contributed by atoms with Crippen LogP contribution in [0.5, 0.6) is 0 Å². The number of aromatic nitrogens is 2. The van der Waals surface area contributed by atoms with E-state index in [1.54, 1.807) is 0 Å². The number of rotatable bonds is 8. The highest BCUT2D eigenvalue weighted by Crippen LogP contribution is 2.49. The minimum absolute atomic E-state index is 0.0351. The van der Waals surface area contributed by atoms with Gasteiger partial charge in [0.1, 0.15) is 6.07 Å². The zero-order valence-electron chi connectivity index (χ0n) is 27.8. The fraction of sp³-hybridized carbons (Fsp3) is 0.629. The van der Waals surface area contributed by atoms with Gasteiger partial charge in [-0.15, -0.1) is 0 Å². The molecule has 238 valence electrons. The SMILES string of the molecule is CN1C(C)(C)CC(NCCN2CCOCC2)(c2ccc(NC(=O)c3nc(C#N)c[nH]3)c(C3=CCC(C)(C)CC3)c2)CC1(C)C. The summed E-state index contributed by atoms with van der Waals surface area (Å²) in [7, 11) is 2.25. The third-order valence-electron chi connectivity index (χ3n) is 10.3. The van der Waals surface area contributed by atoms with Crippen molar-refractivity contribution in [3.8, 4) is 6.07 Å². The van der Waals surface area contributed by atoms with Gasteiger partial charge >= 0.3 is 0 Å². The molecule has 1 aliphatic carbocycles. The largest absolute Gasteiger partial charge is 0.379 e. The third kappa shape index (κ3) is 6.94. The summed E-state index contributed by atoms with van der Waals surface area (Å²) < 4.78 is 5.59. The van der Waals surface area contributed by atoms with Crippen LogP contribution < -0.4 is 10.6 Å². The standard InChI is InChI=1S/C35H51N7O2/c1-32(2)12-10-25(11-13-32)28-20-26(8-9-29(28)40-31(43)30-37-22-27(21-36)39-30)35(38-14-15-42-16-18-44-19-17-42)23-33(3,4)41(7)34(5,6)24-35/h8-10,20,22,38H,11-19,23-24H2,1-7H3,(H,37,39)(H,40,43). The van der Waals surface area contributed by atoms with Gasteiger partial charge in [-0.25, -0.2) is 4.98 Å². The molecule has 0 spiro atoms. The first kappa shape index (κ1) is 32.4. The molecule has 9 heteroatoms. The predicted octanol–water partition coefficient (Wildman–Crippen LogP) is 5.53. The van der Waals surface area contributed by atoms with Crippen LogP contribution in [-0.2, 0) is 10.3 Å². The summed E-state index contributed by atoms with van der Waals surface area (Å²) in [6.45, 7) is 19.5. The number of ether oxygens (including phenoxy) is 1. The van der Waals surface area contributed by atoms with Crippen molar-refractivity contribution < 1.29 is 9.53 Å². The number of hydrogen-bond acceptors (Lipinski definition) is 7. The lowest BCUT2D eigenvalue weighted by molar-refractivity contribution is -0.0543. The van der Waals surface area contributed by atoms with E-state index in [0.717, 1.165) is 82.7 Å². The zero-order chi connectivity index (χ0) is 31.8. The van der Waals surface area contributed by atoms with Gasteiger partial charge in [0.15, 0.2) is 11.5 Å². The average Bonchev–Trinajstić information content (AvgIpc) is 3.46. The second-order valence-electron chi connectivity index (χ2n) is 15.1. The number of H-pyrrole nitrogens is 1. The Hall–Kier alpha value is -3.03. The number of morpholine rings is 1. The maximum absolute atomic E-state index is 13.3. The Morgan fingerprint density at radius 2 is 1.82 bits per heavy atom. The molecule has 9 nitrogen and oxygen atoms in total. The van der Waals surface area contributed by atoms with E-state index in [4.69, 9.17) is 4.74 Å². The van der Waals surface area contributed by atoms with Crippen molar-refractivity contribution in [1.82, 2.24) is 25.1 Å². The van der Waals surface area contributed by atoms with E-state index in [2.05, 4.69) is 103 Å². The van der Waals surface area contributed by atoms with Gasteiger partial charge in [0.05, 0.1) is 13.2 Å². The lowest BCUT2D eigenvalue weighted by atomic mass is 9.66. The van der Waals surface area contributed by atoms with Crippen molar-refractivity contribution >= 4 is 17.2 Å². The Bertz CT molecular complexity index is 1410. The minimum Gasteiger partial charge on any atom is -0.379 e. The monoisotopic (exact) mass is 601 g/mol. The van der Waals surface area contributed by atoms with Crippen molar-refractivity contribution in [3.63, 3.8) is 0 Å². The fourth-order valence-corrected chi connectivity index (χ4v) is 7.52. The second-order valence-corrected chi connectivity index (χ2v) is 15.1. The van der Waals surface area contributed by atoms with Gasteiger partial charge in [-0.3, -0.25) is 14.6 Å². The number of aromatic amines is 1. The summed E-state index contributed by atoms with van der Waals surface area (Å²) in [5, 5.41) is 16.4. The number of nitrogens with zero attached hydrogens (tertiary/aromatic N) is 4. The fourth-order valence-electron chi connectivity index (χ4n) is 7.52. The molecule has 44 heavy (non-hydrogen) atoms. The van der Waals surface area contributed by atoms with Gasteiger partial charge in [0.2, 0.25) is 0 Å². The van der Waals surface area contributed by atoms with Crippen LogP contribution in [0.3, 0.4) is 0 Å². The van der Waals surface area contributed by atoms with Gasteiger partial charge in [-0.2, -0.15) is 5.26 Å². The summed E-state index contributed by atoms with van der Waals surface area (Å²) in [6.07, 6.45) is 8.79. The number of amides is 1. The van der Waals surface area contributed by atoms with Crippen LogP contribution >= 0.6 is 0 Å². The molecule has 3 aliphatic rings. The molecule has 2 fully saturated rings. The Morgan fingerprint density at radius 1 is 1.11 bits per heavy atom. The Kier molecular flexibility index (Phi) is 9.12. The summed E-state index contributed by atoms with van der Waals surface area (Å²) >= 11 is 0. The molecule has 2 saturated heterocycles. The first-order valence-electron chi connectivity index (χ1n) is 16.1. The third-order valence-corrected chi connectivity index (χ3v) is 10.3. The molecule has 5 rings (SSSR count). The normalized spacial score (nSPS) is 23.0. The van der Waals surface area contributed by atoms with Crippen molar-refractivity contribution in [3.05, 3.63) is 53.1 Å². The quantitative estimate of drug-likeness (QED) is 0.365. The van der Waals surface area contributed by atoms with Crippen molar-refractivity contribution in [2.75, 3.05) is 51.8 Å². The number of benzene rings is 1. The van der Waals surface area contributed by atoms with Crippen LogP contribution in [0.4, 0.5) is 5.69 Å². The second kappa shape index (κ2) is 12.4. The minimum atomic E-state index is -0.350. The van der Waals surface area contributed by atoms with Gasteiger partial charge in [-0.05, 0) is 95.5 Å². The van der Waals surface area contributed by atoms with Crippen LogP contribution in [0.2, 0.25) is 0 Å². The molecular weight excluding hydrogens is 550 g/mol. The van der Waals surface area contributed by atoms with Crippen molar-refractivity contribution in [2.45, 2.75) is 90.3 Å². The lowest BCUT2D eigenvalue weighted by Gasteiger charge is -2.59. The molecular formula is C35H51N7O2. The molecule has 0 bridgehead atoms. The van der Waals surface area contributed by atoms with Gasteiger partial charge in [0, 0.05) is 60.2 Å². The van der Waals surface area contributed by atoms with Gasteiger partial charge in [0.25, 0.3) is 5.91 Å². The highest BCUT2D eigenvalue weighted by Gasteiger charge is 2.51. The molecule has 0 atom stereocenters. The molecule has 1 aromatic heterocycles. The van der Waals surface area contributed by atoms with Crippen LogP contribution in [0.25, 0.3) is 5.57 Å². The summed E-state index contributed by atoms with van der Waals surface area (Å²) in [5.41, 5.74) is 4.51. The highest BCUT2D eigenvalue weighted by atomic mass is 16.5. The highest BCUT2D eigenvalue weighted by molar-refractivity contribution is 6.03. The number of carbonyl (C=O) groups excluding carboxylic acids is 1. The van der Waals surface area contributed by atoms with E-state index in [9.17, 15) is 10.1 Å². The lowest BCUT2D eigenvalue weighted by Crippen LogP contribution is -2.66. The summed E-state index contributed by atoms with van der Waals surface area (Å²) in [6, 6.07) is 8.60. The van der Waals surface area contributed by atoms with E-state index in [-0.39, 0.29) is 39.5 Å². The van der Waals surface area contributed by atoms with E-state index in [1.165, 1.54) is 17.3 Å². The van der Waals surface area contributed by atoms with Crippen LogP contribution in [0.1, 0.15) is 101 Å². The van der Waals surface area contributed by atoms with Gasteiger partial charge in [-0.1, -0.05) is 26.0 Å². The smallest absolute Gasteiger partial charge is 0.291 e. The number of likely N-dealkylation sites (tertiary alicyclic amines) is 1. The average molecular weight is 602 g/mol. The number of carbonyl (C=O) groups is 1. The topological polar surface area (TPSA) is 109 Å². The number of nitrogens with one attached hydrogen (secondary N) is 3. The van der Waals surface area contributed by atoms with Crippen LogP contribution in [0, 0.1) is 16.7 Å². The predicted molar refractivity (Wildman–Crippen MR) is 175 cm³/mol. The molecule has 0 unspecified atom stereocenters. The Labute approximate surface area is 263 Å². The van der Waals surface area contributed by atoms with E-state index < -0.39 is 0 Å². The number of allylic oxidation sites excluding steroid dienone is 2. The maximum atomic E-state index is 13.3. The Balaban J connectivity index is 1.54. The molecule has 3 heterocycles. The van der Waals surface area contributed by atoms with Crippen LogP contribution in [-0.4, -0.2) is 83.2 Å². The summed E-state index contributed by atoms with van der Waals surface area (Å²) in [5.74, 6) is -0.215. The van der Waals surface area contributed by atoms with Crippen LogP contribution in [0.15, 0.2) is 30.5 Å².